The molecular weight excluding hydrogens is 476 g/mol. The van der Waals surface area contributed by atoms with Crippen LogP contribution in [0.25, 0.3) is 0 Å². The predicted molar refractivity (Wildman–Crippen MR) is 95.0 cm³/mol. The van der Waals surface area contributed by atoms with E-state index in [0.717, 1.165) is 12.1 Å². The maximum Gasteiger partial charge on any atom is 0.446 e. The minimum absolute atomic E-state index is 0.299. The molecule has 0 saturated carbocycles. The fourth-order valence-corrected chi connectivity index (χ4v) is 3.32. The van der Waals surface area contributed by atoms with Gasteiger partial charge in [-0.3, -0.25) is 13.7 Å². The zero-order chi connectivity index (χ0) is 23.5. The first kappa shape index (κ1) is 25.1. The van der Waals surface area contributed by atoms with Crippen LogP contribution in [0.15, 0.2) is 46.2 Å². The molecule has 0 heterocycles. The van der Waals surface area contributed by atoms with E-state index in [2.05, 4.69) is 4.18 Å². The summed E-state index contributed by atoms with van der Waals surface area (Å²) >= 11 is 0. The maximum absolute atomic E-state index is 10.6. The molecule has 0 radical (unpaired) electrons. The van der Waals surface area contributed by atoms with Crippen molar-refractivity contribution in [3.8, 4) is 17.2 Å². The topological polar surface area (TPSA) is 250 Å². The molecule has 30 heavy (non-hydrogen) atoms. The predicted octanol–water partition coefficient (Wildman–Crippen LogP) is 0.158. The number of para-hydroxylation sites is 1. The van der Waals surface area contributed by atoms with Crippen molar-refractivity contribution < 1.29 is 63.2 Å². The molecule has 0 amide bonds. The third-order valence-corrected chi connectivity index (χ3v) is 5.06. The molecule has 2 aromatic rings. The Morgan fingerprint density at radius 2 is 1.17 bits per heavy atom. The van der Waals surface area contributed by atoms with Crippen LogP contribution < -0.4 is 4.18 Å². The Balaban J connectivity index is 0.000000303. The summed E-state index contributed by atoms with van der Waals surface area (Å²) in [4.78, 5) is 8.41. The average Bonchev–Trinajstić information content (AvgIpc) is 2.54. The third-order valence-electron chi connectivity index (χ3n) is 2.91. The van der Waals surface area contributed by atoms with Gasteiger partial charge in [0.1, 0.15) is 26.9 Å². The number of benzene rings is 2. The van der Waals surface area contributed by atoms with Gasteiger partial charge in [-0.25, -0.2) is 4.79 Å². The van der Waals surface area contributed by atoms with Gasteiger partial charge in [-0.15, -0.1) is 0 Å². The quantitative estimate of drug-likeness (QED) is 0.242. The lowest BCUT2D eigenvalue weighted by Gasteiger charge is -2.05. The van der Waals surface area contributed by atoms with Crippen molar-refractivity contribution in [1.82, 2.24) is 0 Å². The van der Waals surface area contributed by atoms with Crippen molar-refractivity contribution in [3.05, 3.63) is 42.0 Å². The summed E-state index contributed by atoms with van der Waals surface area (Å²) in [5, 5.41) is 26.8. The molecule has 0 aromatic heterocycles. The Bertz CT molecular complexity index is 1220. The molecule has 0 bridgehead atoms. The molecule has 0 unspecified atom stereocenters. The van der Waals surface area contributed by atoms with Gasteiger partial charge in [-0.2, -0.15) is 25.3 Å². The van der Waals surface area contributed by atoms with Crippen molar-refractivity contribution in [3.63, 3.8) is 0 Å². The van der Waals surface area contributed by atoms with Gasteiger partial charge in [-0.1, -0.05) is 12.1 Å². The summed E-state index contributed by atoms with van der Waals surface area (Å²) in [5.41, 5.74) is -0.342. The highest BCUT2D eigenvalue weighted by Crippen LogP contribution is 2.32. The molecule has 0 aliphatic carbocycles. The minimum atomic E-state index is -4.80. The number of carboxylic acids is 1. The Morgan fingerprint density at radius 1 is 0.767 bits per heavy atom. The Morgan fingerprint density at radius 3 is 1.50 bits per heavy atom. The van der Waals surface area contributed by atoms with Gasteiger partial charge >= 0.3 is 16.4 Å². The molecule has 166 valence electrons. The first-order chi connectivity index (χ1) is 13.4. The monoisotopic (exact) mass is 488 g/mol. The summed E-state index contributed by atoms with van der Waals surface area (Å²) in [7, 11) is -14.3. The summed E-state index contributed by atoms with van der Waals surface area (Å²) in [5.74, 6) is -4.01. The van der Waals surface area contributed by atoms with Crippen LogP contribution in [0.4, 0.5) is 0 Å². The fraction of sp³-hybridized carbons (Fsp3) is 0. The molecule has 17 heteroatoms. The van der Waals surface area contributed by atoms with Crippen molar-refractivity contribution in [2.24, 2.45) is 0 Å². The van der Waals surface area contributed by atoms with Crippen molar-refractivity contribution >= 4 is 36.6 Å². The summed E-state index contributed by atoms with van der Waals surface area (Å²) in [6.45, 7) is 0. The lowest BCUT2D eigenvalue weighted by Crippen LogP contribution is -2.10. The highest BCUT2D eigenvalue weighted by atomic mass is 32.3. The number of aromatic hydroxyl groups is 2. The third kappa shape index (κ3) is 7.13. The Kier molecular flexibility index (Phi) is 7.37. The van der Waals surface area contributed by atoms with Gasteiger partial charge in [-0.05, 0) is 12.1 Å². The molecule has 0 aliphatic heterocycles. The van der Waals surface area contributed by atoms with E-state index in [-0.39, 0.29) is 5.56 Å². The van der Waals surface area contributed by atoms with E-state index in [1.54, 1.807) is 0 Å². The highest BCUT2D eigenvalue weighted by molar-refractivity contribution is 7.86. The Hall–Kier alpha value is -2.96. The van der Waals surface area contributed by atoms with Crippen LogP contribution in [0, 0.1) is 0 Å². The molecule has 14 nitrogen and oxygen atoms in total. The lowest BCUT2D eigenvalue weighted by molar-refractivity contribution is 0.0695. The zero-order valence-electron chi connectivity index (χ0n) is 14.1. The van der Waals surface area contributed by atoms with Crippen LogP contribution in [0.3, 0.4) is 0 Å². The number of hydrogen-bond donors (Lipinski definition) is 6. The Labute approximate surface area is 169 Å². The first-order valence-electron chi connectivity index (χ1n) is 6.93. The van der Waals surface area contributed by atoms with Crippen LogP contribution in [-0.4, -0.2) is 60.2 Å². The van der Waals surface area contributed by atoms with Gasteiger partial charge in [0.15, 0.2) is 5.75 Å². The largest absolute Gasteiger partial charge is 0.506 e. The van der Waals surface area contributed by atoms with Crippen LogP contribution >= 0.6 is 0 Å². The molecule has 0 spiro atoms. The van der Waals surface area contributed by atoms with Crippen molar-refractivity contribution in [2.75, 3.05) is 0 Å². The van der Waals surface area contributed by atoms with Crippen molar-refractivity contribution in [2.45, 2.75) is 9.79 Å². The van der Waals surface area contributed by atoms with Crippen molar-refractivity contribution in [1.29, 1.82) is 0 Å². The second-order valence-electron chi connectivity index (χ2n) is 5.05. The number of carbonyl (C=O) groups is 1. The van der Waals surface area contributed by atoms with Crippen LogP contribution in [0.2, 0.25) is 0 Å². The first-order valence-corrected chi connectivity index (χ1v) is 11.2. The molecule has 0 atom stereocenters. The zero-order valence-corrected chi connectivity index (χ0v) is 16.6. The molecule has 2 aromatic carbocycles. The normalized spacial score (nSPS) is 11.8. The smallest absolute Gasteiger partial charge is 0.446 e. The molecule has 6 N–H and O–H groups in total. The molecular formula is C13H12O14S3. The van der Waals surface area contributed by atoms with E-state index in [9.17, 15) is 30.0 Å². The van der Waals surface area contributed by atoms with Gasteiger partial charge in [0.05, 0.1) is 0 Å². The lowest BCUT2D eigenvalue weighted by atomic mass is 10.2. The number of rotatable bonds is 5. The van der Waals surface area contributed by atoms with Gasteiger partial charge in [0.25, 0.3) is 20.2 Å². The van der Waals surface area contributed by atoms with Gasteiger partial charge in [0.2, 0.25) is 0 Å². The number of aromatic carboxylic acids is 1. The second kappa shape index (κ2) is 8.81. The molecule has 0 saturated heterocycles. The second-order valence-corrected chi connectivity index (χ2v) is 8.85. The van der Waals surface area contributed by atoms with Crippen LogP contribution in [0.1, 0.15) is 10.4 Å². The van der Waals surface area contributed by atoms with E-state index in [0.29, 0.717) is 12.1 Å². The van der Waals surface area contributed by atoms with E-state index in [4.69, 9.17) is 29.0 Å². The molecule has 2 rings (SSSR count). The SMILES string of the molecule is O=C(O)c1ccccc1OS(=O)(=O)O.O=S(=O)(O)c1cc(O)c(S(=O)(=O)O)cc1O. The number of hydrogen-bond acceptors (Lipinski definition) is 10. The number of phenols is 2. The van der Waals surface area contributed by atoms with Gasteiger partial charge in [0, 0.05) is 12.1 Å². The summed E-state index contributed by atoms with van der Waals surface area (Å²) in [6.07, 6.45) is 0. The van der Waals surface area contributed by atoms with Crippen LogP contribution in [0.5, 0.6) is 17.2 Å². The number of phenolic OH excluding ortho intramolecular Hbond substituents is 2. The molecule has 0 aliphatic rings. The van der Waals surface area contributed by atoms with Gasteiger partial charge < -0.3 is 19.5 Å². The fourth-order valence-electron chi connectivity index (χ4n) is 1.78. The van der Waals surface area contributed by atoms with E-state index in [1.165, 1.54) is 12.1 Å². The summed E-state index contributed by atoms with van der Waals surface area (Å²) in [6, 6.07) is 5.66. The van der Waals surface area contributed by atoms with E-state index >= 15 is 0 Å². The summed E-state index contributed by atoms with van der Waals surface area (Å²) < 4.78 is 92.7. The standard InChI is InChI=1S/C7H6O6S.C6H6O8S2/c8-7(9)5-3-1-2-4-6(5)13-14(10,11)12;7-3-1-5(15(9,10)11)4(8)2-6(3)16(12,13)14/h1-4H,(H,8,9)(H,10,11,12);1-2,7-8H,(H,9,10,11)(H,12,13,14). The van der Waals surface area contributed by atoms with E-state index < -0.39 is 63.6 Å². The maximum atomic E-state index is 10.6. The molecule has 0 fully saturated rings. The highest BCUT2D eigenvalue weighted by Gasteiger charge is 2.23. The number of carboxylic acid groups (broad SMARTS) is 1. The average molecular weight is 488 g/mol. The van der Waals surface area contributed by atoms with E-state index in [1.807, 2.05) is 0 Å². The van der Waals surface area contributed by atoms with Crippen LogP contribution in [-0.2, 0) is 30.6 Å². The minimum Gasteiger partial charge on any atom is -0.506 e.